The van der Waals surface area contributed by atoms with Gasteiger partial charge in [0.25, 0.3) is 0 Å². The predicted octanol–water partition coefficient (Wildman–Crippen LogP) is 1.70. The first-order valence-electron chi connectivity index (χ1n) is 3.71. The molecule has 64 valence electrons. The largest absolute Gasteiger partial charge is 0.436 e. The minimum absolute atomic E-state index is 0.328. The Morgan fingerprint density at radius 1 is 1.75 bits per heavy atom. The third kappa shape index (κ3) is 1.08. The van der Waals surface area contributed by atoms with Crippen molar-refractivity contribution in [3.05, 3.63) is 22.4 Å². The lowest BCUT2D eigenvalue weighted by molar-refractivity contribution is 0.0733. The second kappa shape index (κ2) is 2.48. The van der Waals surface area contributed by atoms with Crippen molar-refractivity contribution in [1.82, 2.24) is 5.32 Å². The number of carbonyl (C=O) groups is 1. The monoisotopic (exact) mass is 183 g/mol. The van der Waals surface area contributed by atoms with E-state index >= 15 is 0 Å². The molecule has 0 aromatic carbocycles. The summed E-state index contributed by atoms with van der Waals surface area (Å²) in [7, 11) is 0. The lowest BCUT2D eigenvalue weighted by atomic mass is 10.1. The van der Waals surface area contributed by atoms with Gasteiger partial charge in [-0.05, 0) is 18.4 Å². The molecule has 3 nitrogen and oxygen atoms in total. The first-order valence-corrected chi connectivity index (χ1v) is 4.59. The van der Waals surface area contributed by atoms with E-state index in [-0.39, 0.29) is 6.09 Å². The van der Waals surface area contributed by atoms with Gasteiger partial charge >= 0.3 is 6.09 Å². The average Bonchev–Trinajstić information content (AvgIpc) is 2.59. The van der Waals surface area contributed by atoms with Crippen LogP contribution in [-0.2, 0) is 10.3 Å². The number of thiophene rings is 1. The Morgan fingerprint density at radius 3 is 3.08 bits per heavy atom. The van der Waals surface area contributed by atoms with Gasteiger partial charge in [-0.25, -0.2) is 4.79 Å². The molecule has 1 fully saturated rings. The third-order valence-electron chi connectivity index (χ3n) is 1.93. The van der Waals surface area contributed by atoms with E-state index in [2.05, 4.69) is 5.32 Å². The van der Waals surface area contributed by atoms with E-state index in [1.165, 1.54) is 0 Å². The maximum Gasteiger partial charge on any atom is 0.408 e. The highest BCUT2D eigenvalue weighted by atomic mass is 32.1. The van der Waals surface area contributed by atoms with Crippen LogP contribution in [-0.4, -0.2) is 12.6 Å². The van der Waals surface area contributed by atoms with Gasteiger partial charge in [0.15, 0.2) is 5.60 Å². The van der Waals surface area contributed by atoms with Crippen molar-refractivity contribution >= 4 is 17.4 Å². The zero-order valence-corrected chi connectivity index (χ0v) is 7.48. The summed E-state index contributed by atoms with van der Waals surface area (Å²) in [4.78, 5) is 11.9. The van der Waals surface area contributed by atoms with Crippen molar-refractivity contribution in [1.29, 1.82) is 0 Å². The first kappa shape index (κ1) is 7.61. The van der Waals surface area contributed by atoms with Gasteiger partial charge in [0.05, 0.1) is 6.54 Å². The summed E-state index contributed by atoms with van der Waals surface area (Å²) < 4.78 is 5.15. The number of carbonyl (C=O) groups excluding carboxylic acids is 1. The van der Waals surface area contributed by atoms with Crippen LogP contribution in [0.5, 0.6) is 0 Å². The van der Waals surface area contributed by atoms with Gasteiger partial charge in [-0.2, -0.15) is 0 Å². The lowest BCUT2D eigenvalue weighted by Gasteiger charge is -2.18. The van der Waals surface area contributed by atoms with Crippen molar-refractivity contribution in [3.8, 4) is 0 Å². The molecule has 0 aliphatic carbocycles. The third-order valence-corrected chi connectivity index (χ3v) is 3.05. The second-order valence-corrected chi connectivity index (χ2v) is 3.90. The van der Waals surface area contributed by atoms with E-state index in [0.717, 1.165) is 4.88 Å². The molecule has 4 heteroatoms. The normalized spacial score (nSPS) is 28.2. The highest BCUT2D eigenvalue weighted by molar-refractivity contribution is 7.10. The van der Waals surface area contributed by atoms with E-state index in [1.807, 2.05) is 24.4 Å². The number of rotatable bonds is 1. The molecule has 1 aromatic heterocycles. The topological polar surface area (TPSA) is 38.3 Å². The lowest BCUT2D eigenvalue weighted by Crippen LogP contribution is -2.24. The van der Waals surface area contributed by atoms with Crippen molar-refractivity contribution in [2.75, 3.05) is 6.54 Å². The molecule has 1 aliphatic rings. The van der Waals surface area contributed by atoms with E-state index in [9.17, 15) is 4.79 Å². The summed E-state index contributed by atoms with van der Waals surface area (Å²) >= 11 is 1.60. The molecular weight excluding hydrogens is 174 g/mol. The quantitative estimate of drug-likeness (QED) is 0.719. The summed E-state index contributed by atoms with van der Waals surface area (Å²) in [5.41, 5.74) is -0.453. The van der Waals surface area contributed by atoms with Crippen molar-refractivity contribution in [2.45, 2.75) is 12.5 Å². The Morgan fingerprint density at radius 2 is 2.58 bits per heavy atom. The molecule has 0 spiro atoms. The van der Waals surface area contributed by atoms with Crippen LogP contribution in [0.4, 0.5) is 4.79 Å². The molecule has 12 heavy (non-hydrogen) atoms. The molecule has 1 aliphatic heterocycles. The zero-order valence-electron chi connectivity index (χ0n) is 6.66. The Kier molecular flexibility index (Phi) is 1.58. The van der Waals surface area contributed by atoms with Crippen LogP contribution >= 0.6 is 11.3 Å². The van der Waals surface area contributed by atoms with E-state index in [0.29, 0.717) is 6.54 Å². The molecule has 0 bridgehead atoms. The van der Waals surface area contributed by atoms with Crippen molar-refractivity contribution < 1.29 is 9.53 Å². The smallest absolute Gasteiger partial charge is 0.408 e. The van der Waals surface area contributed by atoms with Crippen LogP contribution in [0, 0.1) is 0 Å². The molecule has 0 saturated carbocycles. The zero-order chi connectivity index (χ0) is 8.60. The van der Waals surface area contributed by atoms with Crippen molar-refractivity contribution in [3.63, 3.8) is 0 Å². The van der Waals surface area contributed by atoms with Gasteiger partial charge in [0.2, 0.25) is 0 Å². The van der Waals surface area contributed by atoms with Gasteiger partial charge in [0.1, 0.15) is 0 Å². The standard InChI is InChI=1S/C8H9NO2S/c1-8(5-9-7(10)11-8)6-3-2-4-12-6/h2-4H,5H2,1H3,(H,9,10). The molecule has 1 amide bonds. The number of alkyl carbamates (subject to hydrolysis) is 1. The minimum Gasteiger partial charge on any atom is -0.436 e. The molecule has 0 radical (unpaired) electrons. The molecule has 1 saturated heterocycles. The van der Waals surface area contributed by atoms with Gasteiger partial charge < -0.3 is 10.1 Å². The fourth-order valence-electron chi connectivity index (χ4n) is 1.23. The maximum absolute atomic E-state index is 10.8. The van der Waals surface area contributed by atoms with Crippen LogP contribution in [0.2, 0.25) is 0 Å². The Balaban J connectivity index is 2.28. The highest BCUT2D eigenvalue weighted by Crippen LogP contribution is 2.31. The molecular formula is C8H9NO2S. The summed E-state index contributed by atoms with van der Waals surface area (Å²) in [6.45, 7) is 2.48. The Hall–Kier alpha value is -1.03. The average molecular weight is 183 g/mol. The van der Waals surface area contributed by atoms with Crippen LogP contribution in [0.1, 0.15) is 11.8 Å². The number of ether oxygens (including phenoxy) is 1. The van der Waals surface area contributed by atoms with E-state index in [4.69, 9.17) is 4.74 Å². The number of nitrogens with one attached hydrogen (secondary N) is 1. The summed E-state index contributed by atoms with van der Waals surface area (Å²) in [5.74, 6) is 0. The summed E-state index contributed by atoms with van der Waals surface area (Å²) in [6.07, 6.45) is -0.328. The fourth-order valence-corrected chi connectivity index (χ4v) is 2.06. The van der Waals surface area contributed by atoms with E-state index < -0.39 is 5.60 Å². The molecule has 1 N–H and O–H groups in total. The number of cyclic esters (lactones) is 1. The second-order valence-electron chi connectivity index (χ2n) is 2.95. The predicted molar refractivity (Wildman–Crippen MR) is 46.2 cm³/mol. The van der Waals surface area contributed by atoms with Gasteiger partial charge in [-0.3, -0.25) is 0 Å². The fraction of sp³-hybridized carbons (Fsp3) is 0.375. The van der Waals surface area contributed by atoms with Gasteiger partial charge in [0, 0.05) is 4.88 Å². The number of hydrogen-bond acceptors (Lipinski definition) is 3. The molecule has 1 aromatic rings. The van der Waals surface area contributed by atoms with Gasteiger partial charge in [-0.15, -0.1) is 11.3 Å². The molecule has 2 rings (SSSR count). The molecule has 1 atom stereocenters. The summed E-state index contributed by atoms with van der Waals surface area (Å²) in [6, 6.07) is 3.93. The van der Waals surface area contributed by atoms with Crippen molar-refractivity contribution in [2.24, 2.45) is 0 Å². The van der Waals surface area contributed by atoms with E-state index in [1.54, 1.807) is 11.3 Å². The Labute approximate surface area is 74.4 Å². The SMILES string of the molecule is CC1(c2cccs2)CNC(=O)O1. The number of amides is 1. The van der Waals surface area contributed by atoms with Crippen LogP contribution in [0.3, 0.4) is 0 Å². The van der Waals surface area contributed by atoms with Crippen LogP contribution in [0.15, 0.2) is 17.5 Å². The maximum atomic E-state index is 10.8. The molecule has 2 heterocycles. The minimum atomic E-state index is -0.453. The Bertz CT molecular complexity index is 296. The first-order chi connectivity index (χ1) is 5.71. The van der Waals surface area contributed by atoms with Gasteiger partial charge in [-0.1, -0.05) is 6.07 Å². The van der Waals surface area contributed by atoms with Crippen LogP contribution < -0.4 is 5.32 Å². The van der Waals surface area contributed by atoms with Crippen LogP contribution in [0.25, 0.3) is 0 Å². The molecule has 1 unspecified atom stereocenters. The number of hydrogen-bond donors (Lipinski definition) is 1. The summed E-state index contributed by atoms with van der Waals surface area (Å²) in [5, 5.41) is 4.62. The highest BCUT2D eigenvalue weighted by Gasteiger charge is 2.37.